The van der Waals surface area contributed by atoms with E-state index in [1.807, 2.05) is 17.0 Å². The molecule has 1 amide bonds. The molecule has 1 aliphatic rings. The van der Waals surface area contributed by atoms with Crippen molar-refractivity contribution in [2.45, 2.75) is 6.42 Å². The Morgan fingerprint density at radius 2 is 2.05 bits per heavy atom. The average Bonchev–Trinajstić information content (AvgIpc) is 3.00. The summed E-state index contributed by atoms with van der Waals surface area (Å²) < 4.78 is 18.5. The average molecular weight is 301 g/mol. The van der Waals surface area contributed by atoms with Crippen LogP contribution in [0.15, 0.2) is 42.5 Å². The van der Waals surface area contributed by atoms with E-state index in [-0.39, 0.29) is 17.6 Å². The van der Waals surface area contributed by atoms with Gasteiger partial charge in [-0.25, -0.2) is 4.39 Å². The third kappa shape index (κ3) is 3.16. The molecule has 1 fully saturated rings. The number of rotatable bonds is 4. The van der Waals surface area contributed by atoms with Gasteiger partial charge in [0.15, 0.2) is 0 Å². The van der Waals surface area contributed by atoms with Crippen molar-refractivity contribution in [1.82, 2.24) is 4.98 Å². The fraction of sp³-hybridized carbons (Fsp3) is 0.250. The number of halogens is 1. The van der Waals surface area contributed by atoms with Crippen molar-refractivity contribution in [1.29, 1.82) is 0 Å². The zero-order valence-corrected chi connectivity index (χ0v) is 11.9. The van der Waals surface area contributed by atoms with Gasteiger partial charge < -0.3 is 15.4 Å². The number of ether oxygens (including phenoxy) is 1. The molecule has 1 unspecified atom stereocenters. The highest BCUT2D eigenvalue weighted by atomic mass is 19.1. The lowest BCUT2D eigenvalue weighted by Crippen LogP contribution is -2.27. The van der Waals surface area contributed by atoms with Gasteiger partial charge in [0.25, 0.3) is 0 Å². The Balaban J connectivity index is 1.73. The molecule has 1 aliphatic heterocycles. The summed E-state index contributed by atoms with van der Waals surface area (Å²) in [6.07, 6.45) is 0.736. The van der Waals surface area contributed by atoms with Gasteiger partial charge in [0.1, 0.15) is 17.4 Å². The van der Waals surface area contributed by atoms with Crippen molar-refractivity contribution in [2.75, 3.05) is 18.0 Å². The largest absolute Gasteiger partial charge is 0.439 e. The summed E-state index contributed by atoms with van der Waals surface area (Å²) in [6.45, 7) is 1.31. The number of hydrogen-bond acceptors (Lipinski definition) is 4. The fourth-order valence-electron chi connectivity index (χ4n) is 2.46. The Labute approximate surface area is 127 Å². The van der Waals surface area contributed by atoms with E-state index in [0.717, 1.165) is 18.8 Å². The first-order chi connectivity index (χ1) is 10.6. The third-order valence-corrected chi connectivity index (χ3v) is 3.66. The first-order valence-corrected chi connectivity index (χ1v) is 7.06. The van der Waals surface area contributed by atoms with E-state index in [0.29, 0.717) is 18.2 Å². The van der Waals surface area contributed by atoms with Crippen LogP contribution in [0, 0.1) is 11.7 Å². The predicted molar refractivity (Wildman–Crippen MR) is 80.2 cm³/mol. The molecule has 0 bridgehead atoms. The number of hydrogen-bond donors (Lipinski definition) is 1. The van der Waals surface area contributed by atoms with E-state index >= 15 is 0 Å². The number of amides is 1. The minimum absolute atomic E-state index is 0.136. The van der Waals surface area contributed by atoms with Gasteiger partial charge in [-0.05, 0) is 36.8 Å². The van der Waals surface area contributed by atoms with Crippen molar-refractivity contribution in [3.63, 3.8) is 0 Å². The second kappa shape index (κ2) is 6.01. The Bertz CT molecular complexity index is 675. The summed E-state index contributed by atoms with van der Waals surface area (Å²) in [5.74, 6) is 0.950. The quantitative estimate of drug-likeness (QED) is 0.941. The smallest absolute Gasteiger partial charge is 0.222 e. The second-order valence-electron chi connectivity index (χ2n) is 5.22. The van der Waals surface area contributed by atoms with E-state index < -0.39 is 0 Å². The van der Waals surface area contributed by atoms with Gasteiger partial charge in [0.2, 0.25) is 11.8 Å². The number of pyridine rings is 1. The maximum atomic E-state index is 12.9. The zero-order valence-electron chi connectivity index (χ0n) is 11.9. The fourth-order valence-corrected chi connectivity index (χ4v) is 2.46. The number of nitrogens with two attached hydrogens (primary N) is 1. The van der Waals surface area contributed by atoms with Crippen LogP contribution in [0.2, 0.25) is 0 Å². The van der Waals surface area contributed by atoms with E-state index in [1.165, 1.54) is 12.1 Å². The highest BCUT2D eigenvalue weighted by Gasteiger charge is 2.27. The molecule has 2 aromatic rings. The van der Waals surface area contributed by atoms with Crippen molar-refractivity contribution < 1.29 is 13.9 Å². The molecule has 1 aromatic carbocycles. The Hall–Kier alpha value is -2.63. The molecule has 6 heteroatoms. The highest BCUT2D eigenvalue weighted by molar-refractivity contribution is 5.78. The molecular weight excluding hydrogens is 285 g/mol. The van der Waals surface area contributed by atoms with Gasteiger partial charge in [-0.3, -0.25) is 4.79 Å². The van der Waals surface area contributed by atoms with E-state index in [1.54, 1.807) is 18.2 Å². The lowest BCUT2D eigenvalue weighted by molar-refractivity contribution is -0.121. The summed E-state index contributed by atoms with van der Waals surface area (Å²) in [5.41, 5.74) is 5.34. The van der Waals surface area contributed by atoms with Crippen molar-refractivity contribution in [2.24, 2.45) is 11.7 Å². The van der Waals surface area contributed by atoms with Gasteiger partial charge in [-0.15, -0.1) is 0 Å². The van der Waals surface area contributed by atoms with Gasteiger partial charge in [0.05, 0.1) is 5.92 Å². The maximum Gasteiger partial charge on any atom is 0.222 e. The Kier molecular flexibility index (Phi) is 3.91. The number of benzene rings is 1. The monoisotopic (exact) mass is 301 g/mol. The molecule has 5 nitrogen and oxygen atoms in total. The molecule has 2 heterocycles. The van der Waals surface area contributed by atoms with Crippen LogP contribution < -0.4 is 15.4 Å². The first kappa shape index (κ1) is 14.3. The molecule has 3 rings (SSSR count). The normalized spacial score (nSPS) is 17.5. The molecule has 114 valence electrons. The van der Waals surface area contributed by atoms with Crippen LogP contribution in [0.1, 0.15) is 6.42 Å². The Morgan fingerprint density at radius 3 is 2.73 bits per heavy atom. The van der Waals surface area contributed by atoms with Crippen LogP contribution in [0.4, 0.5) is 10.2 Å². The van der Waals surface area contributed by atoms with Crippen molar-refractivity contribution in [3.05, 3.63) is 48.3 Å². The molecule has 0 radical (unpaired) electrons. The number of aromatic nitrogens is 1. The summed E-state index contributed by atoms with van der Waals surface area (Å²) in [5, 5.41) is 0. The van der Waals surface area contributed by atoms with Crippen molar-refractivity contribution in [3.8, 4) is 11.6 Å². The minimum atomic E-state index is -0.316. The SMILES string of the molecule is NC(=O)C1CCN(c2cccc(Oc3ccc(F)cc3)n2)C1. The number of carbonyl (C=O) groups is 1. The number of carbonyl (C=O) groups excluding carboxylic acids is 1. The summed E-state index contributed by atoms with van der Waals surface area (Å²) in [4.78, 5) is 17.7. The van der Waals surface area contributed by atoms with Crippen LogP contribution >= 0.6 is 0 Å². The number of anilines is 1. The topological polar surface area (TPSA) is 68.5 Å². The van der Waals surface area contributed by atoms with Crippen LogP contribution in [0.5, 0.6) is 11.6 Å². The van der Waals surface area contributed by atoms with E-state index in [9.17, 15) is 9.18 Å². The summed E-state index contributed by atoms with van der Waals surface area (Å²) in [6, 6.07) is 11.2. The molecule has 0 spiro atoms. The maximum absolute atomic E-state index is 12.9. The predicted octanol–water partition coefficient (Wildman–Crippen LogP) is 2.32. The molecular formula is C16H16FN3O2. The van der Waals surface area contributed by atoms with Gasteiger partial charge in [0, 0.05) is 19.2 Å². The molecule has 1 aromatic heterocycles. The first-order valence-electron chi connectivity index (χ1n) is 7.06. The second-order valence-corrected chi connectivity index (χ2v) is 5.22. The van der Waals surface area contributed by atoms with Gasteiger partial charge in [-0.2, -0.15) is 4.98 Å². The molecule has 0 aliphatic carbocycles. The van der Waals surface area contributed by atoms with E-state index in [2.05, 4.69) is 4.98 Å². The summed E-state index contributed by atoms with van der Waals surface area (Å²) >= 11 is 0. The highest BCUT2D eigenvalue weighted by Crippen LogP contribution is 2.26. The Morgan fingerprint density at radius 1 is 1.27 bits per heavy atom. The van der Waals surface area contributed by atoms with Gasteiger partial charge in [-0.1, -0.05) is 6.07 Å². The minimum Gasteiger partial charge on any atom is -0.439 e. The van der Waals surface area contributed by atoms with E-state index in [4.69, 9.17) is 10.5 Å². The zero-order chi connectivity index (χ0) is 15.5. The van der Waals surface area contributed by atoms with Crippen LogP contribution in [-0.2, 0) is 4.79 Å². The van der Waals surface area contributed by atoms with Crippen LogP contribution in [0.3, 0.4) is 0 Å². The molecule has 22 heavy (non-hydrogen) atoms. The van der Waals surface area contributed by atoms with Crippen LogP contribution in [-0.4, -0.2) is 24.0 Å². The third-order valence-electron chi connectivity index (χ3n) is 3.66. The number of primary amides is 1. The van der Waals surface area contributed by atoms with Gasteiger partial charge >= 0.3 is 0 Å². The molecule has 2 N–H and O–H groups in total. The van der Waals surface area contributed by atoms with Crippen molar-refractivity contribution >= 4 is 11.7 Å². The lowest BCUT2D eigenvalue weighted by Gasteiger charge is -2.17. The standard InChI is InChI=1S/C16H16FN3O2/c17-12-4-6-13(7-5-12)22-15-3-1-2-14(19-15)20-9-8-11(10-20)16(18)21/h1-7,11H,8-10H2,(H2,18,21). The molecule has 1 atom stereocenters. The summed E-state index contributed by atoms with van der Waals surface area (Å²) in [7, 11) is 0. The molecule has 1 saturated heterocycles. The molecule has 0 saturated carbocycles. The van der Waals surface area contributed by atoms with Crippen LogP contribution in [0.25, 0.3) is 0 Å². The lowest BCUT2D eigenvalue weighted by atomic mass is 10.1. The number of nitrogens with zero attached hydrogens (tertiary/aromatic N) is 2.